The zero-order chi connectivity index (χ0) is 54.5. The summed E-state index contributed by atoms with van der Waals surface area (Å²) in [4.78, 5) is 35.2. The van der Waals surface area contributed by atoms with Gasteiger partial charge in [0.25, 0.3) is 0 Å². The van der Waals surface area contributed by atoms with Crippen LogP contribution in [0.4, 0.5) is 0 Å². The highest BCUT2D eigenvalue weighted by atomic mass is 31.2. The van der Waals surface area contributed by atoms with Crippen molar-refractivity contribution in [2.45, 2.75) is 315 Å². The molecule has 3 N–H and O–H groups in total. The summed E-state index contributed by atoms with van der Waals surface area (Å²) in [6, 6.07) is 0. The van der Waals surface area contributed by atoms with Crippen molar-refractivity contribution in [3.8, 4) is 0 Å². The minimum absolute atomic E-state index is 0.0498. The summed E-state index contributed by atoms with van der Waals surface area (Å²) in [6.45, 7) is 3.65. The van der Waals surface area contributed by atoms with Crippen molar-refractivity contribution < 1.29 is 37.6 Å². The Balaban J connectivity index is 3.83. The van der Waals surface area contributed by atoms with Crippen LogP contribution in [0, 0.1) is 0 Å². The molecule has 0 heterocycles. The predicted octanol–water partition coefficient (Wildman–Crippen LogP) is 20.3. The topological polar surface area (TPSA) is 134 Å². The van der Waals surface area contributed by atoms with E-state index >= 15 is 0 Å². The minimum Gasteiger partial charge on any atom is -0.462 e. The van der Waals surface area contributed by atoms with E-state index in [1.54, 1.807) is 0 Å². The first-order valence-electron chi connectivity index (χ1n) is 31.8. The van der Waals surface area contributed by atoms with Crippen LogP contribution in [0.25, 0.3) is 0 Å². The van der Waals surface area contributed by atoms with Crippen LogP contribution in [-0.4, -0.2) is 49.3 Å². The monoisotopic (exact) mass is 1070 g/mol. The number of ether oxygens (including phenoxy) is 2. The molecule has 0 spiro atoms. The first-order valence-corrected chi connectivity index (χ1v) is 33.3. The molecule has 0 rings (SSSR count). The Morgan fingerprint density at radius 1 is 0.413 bits per heavy atom. The Kier molecular flexibility index (Phi) is 59.1. The third kappa shape index (κ3) is 60.8. The van der Waals surface area contributed by atoms with Crippen molar-refractivity contribution in [3.63, 3.8) is 0 Å². The molecule has 0 aliphatic heterocycles. The lowest BCUT2D eigenvalue weighted by atomic mass is 10.0. The lowest BCUT2D eigenvalue weighted by molar-refractivity contribution is -0.161. The Labute approximate surface area is 463 Å². The van der Waals surface area contributed by atoms with Gasteiger partial charge in [0, 0.05) is 19.4 Å². The molecular formula is C65H120NO8P. The second-order valence-electron chi connectivity index (χ2n) is 21.2. The number of allylic oxidation sites excluding steroid dienone is 10. The number of carbonyl (C=O) groups is 2. The van der Waals surface area contributed by atoms with Crippen LogP contribution in [0.1, 0.15) is 309 Å². The lowest BCUT2D eigenvalue weighted by Crippen LogP contribution is -2.29. The molecule has 0 aliphatic carbocycles. The number of unbranched alkanes of at least 4 members (excludes halogenated alkanes) is 37. The molecule has 2 atom stereocenters. The average molecular weight is 1070 g/mol. The van der Waals surface area contributed by atoms with E-state index in [1.165, 1.54) is 193 Å². The molecule has 0 saturated heterocycles. The zero-order valence-corrected chi connectivity index (χ0v) is 49.9. The van der Waals surface area contributed by atoms with Crippen molar-refractivity contribution in [2.24, 2.45) is 5.73 Å². The summed E-state index contributed by atoms with van der Waals surface area (Å²) in [6.07, 6.45) is 77.4. The first kappa shape index (κ1) is 72.7. The molecule has 0 aliphatic rings. The van der Waals surface area contributed by atoms with Gasteiger partial charge in [-0.15, -0.1) is 0 Å². The SMILES string of the molecule is CC/C=C\C/C=C\C/C=C\C/C=C\CCCCCCCCC(=O)OC(COC(=O)CCCCCCCCCCCCCCCCCCCCCCCCC/C=C\CCCCCCCCCC)COP(=O)(O)OCCN. The highest BCUT2D eigenvalue weighted by Crippen LogP contribution is 2.43. The number of rotatable bonds is 60. The van der Waals surface area contributed by atoms with Crippen molar-refractivity contribution in [1.82, 2.24) is 0 Å². The molecule has 0 saturated carbocycles. The molecule has 2 unspecified atom stereocenters. The van der Waals surface area contributed by atoms with E-state index in [2.05, 4.69) is 74.6 Å². The first-order chi connectivity index (χ1) is 36.8. The van der Waals surface area contributed by atoms with Crippen molar-refractivity contribution >= 4 is 19.8 Å². The van der Waals surface area contributed by atoms with Crippen molar-refractivity contribution in [3.05, 3.63) is 60.8 Å². The smallest absolute Gasteiger partial charge is 0.462 e. The molecule has 0 fully saturated rings. The van der Waals surface area contributed by atoms with Gasteiger partial charge in [0.2, 0.25) is 0 Å². The second-order valence-corrected chi connectivity index (χ2v) is 22.7. The van der Waals surface area contributed by atoms with Gasteiger partial charge >= 0.3 is 19.8 Å². The lowest BCUT2D eigenvalue weighted by Gasteiger charge is -2.19. The van der Waals surface area contributed by atoms with Gasteiger partial charge in [-0.05, 0) is 77.0 Å². The maximum absolute atomic E-state index is 12.7. The molecule has 0 aromatic heterocycles. The molecule has 10 heteroatoms. The van der Waals surface area contributed by atoms with E-state index in [-0.39, 0.29) is 38.6 Å². The van der Waals surface area contributed by atoms with Gasteiger partial charge in [0.1, 0.15) is 6.61 Å². The minimum atomic E-state index is -4.39. The number of esters is 2. The average Bonchev–Trinajstić information content (AvgIpc) is 3.40. The Bertz CT molecular complexity index is 1410. The highest BCUT2D eigenvalue weighted by Gasteiger charge is 2.26. The molecule has 0 aromatic rings. The summed E-state index contributed by atoms with van der Waals surface area (Å²) in [5.41, 5.74) is 5.38. The van der Waals surface area contributed by atoms with E-state index in [1.807, 2.05) is 0 Å². The molecule has 9 nitrogen and oxygen atoms in total. The van der Waals surface area contributed by atoms with Gasteiger partial charge in [-0.1, -0.05) is 280 Å². The molecule has 0 aromatic carbocycles. The van der Waals surface area contributed by atoms with Gasteiger partial charge in [0.15, 0.2) is 6.10 Å². The third-order valence-corrected chi connectivity index (χ3v) is 14.9. The van der Waals surface area contributed by atoms with Crippen LogP contribution in [0.5, 0.6) is 0 Å². The van der Waals surface area contributed by atoms with Gasteiger partial charge < -0.3 is 20.1 Å². The molecule has 438 valence electrons. The van der Waals surface area contributed by atoms with Crippen LogP contribution in [-0.2, 0) is 32.7 Å². The fourth-order valence-electron chi connectivity index (χ4n) is 9.21. The van der Waals surface area contributed by atoms with Crippen LogP contribution < -0.4 is 5.73 Å². The standard InChI is InChI=1S/C65H120NO8P/c1-3-5-7-9-11-13-15-17-19-21-23-24-25-26-27-28-29-30-31-32-33-34-35-36-37-38-40-41-43-45-47-49-51-53-55-57-64(67)71-61-63(62-73-75(69,70)72-60-59-66)74-65(68)58-56-54-52-50-48-46-44-42-39-22-20-18-16-14-12-10-8-6-4-2/h6,8,12,14,18,20-21,23,39,42,63H,3-5,7,9-11,13,15-17,19,22,24-38,40-41,43-62,66H2,1-2H3,(H,69,70)/b8-6-,14-12-,20-18-,23-21-,42-39-. The van der Waals surface area contributed by atoms with E-state index in [0.717, 1.165) is 83.5 Å². The van der Waals surface area contributed by atoms with Crippen LogP contribution in [0.2, 0.25) is 0 Å². The molecule has 75 heavy (non-hydrogen) atoms. The van der Waals surface area contributed by atoms with Gasteiger partial charge in [-0.2, -0.15) is 0 Å². The second kappa shape index (κ2) is 60.9. The predicted molar refractivity (Wildman–Crippen MR) is 321 cm³/mol. The number of hydrogen-bond acceptors (Lipinski definition) is 8. The van der Waals surface area contributed by atoms with Gasteiger partial charge in [-0.3, -0.25) is 18.6 Å². The van der Waals surface area contributed by atoms with Crippen LogP contribution >= 0.6 is 7.82 Å². The zero-order valence-electron chi connectivity index (χ0n) is 49.0. The fourth-order valence-corrected chi connectivity index (χ4v) is 9.98. The van der Waals surface area contributed by atoms with Crippen molar-refractivity contribution in [1.29, 1.82) is 0 Å². The third-order valence-electron chi connectivity index (χ3n) is 13.9. The summed E-state index contributed by atoms with van der Waals surface area (Å²) in [7, 11) is -4.39. The number of carbonyl (C=O) groups excluding carboxylic acids is 2. The fraction of sp³-hybridized carbons (Fsp3) is 0.815. The van der Waals surface area contributed by atoms with Crippen LogP contribution in [0.3, 0.4) is 0 Å². The normalized spacial score (nSPS) is 13.4. The van der Waals surface area contributed by atoms with Gasteiger partial charge in [-0.25, -0.2) is 4.57 Å². The summed E-state index contributed by atoms with van der Waals surface area (Å²) in [5, 5.41) is 0. The number of nitrogens with two attached hydrogens (primary N) is 1. The summed E-state index contributed by atoms with van der Waals surface area (Å²) < 4.78 is 33.0. The van der Waals surface area contributed by atoms with Crippen molar-refractivity contribution in [2.75, 3.05) is 26.4 Å². The maximum atomic E-state index is 12.7. The molecule has 0 radical (unpaired) electrons. The Morgan fingerprint density at radius 2 is 0.733 bits per heavy atom. The van der Waals surface area contributed by atoms with E-state index < -0.39 is 26.5 Å². The molecule has 0 bridgehead atoms. The largest absolute Gasteiger partial charge is 0.472 e. The Morgan fingerprint density at radius 3 is 1.11 bits per heavy atom. The Hall–Kier alpha value is -2.29. The van der Waals surface area contributed by atoms with Gasteiger partial charge in [0.05, 0.1) is 13.2 Å². The molecule has 0 amide bonds. The number of hydrogen-bond donors (Lipinski definition) is 2. The number of phosphoric acid groups is 1. The molecular weight excluding hydrogens is 954 g/mol. The summed E-state index contributed by atoms with van der Waals surface area (Å²) >= 11 is 0. The van der Waals surface area contributed by atoms with E-state index in [9.17, 15) is 19.0 Å². The summed E-state index contributed by atoms with van der Waals surface area (Å²) in [5.74, 6) is -0.834. The number of phosphoric ester groups is 1. The van der Waals surface area contributed by atoms with E-state index in [0.29, 0.717) is 6.42 Å². The van der Waals surface area contributed by atoms with Crippen LogP contribution in [0.15, 0.2) is 60.8 Å². The quantitative estimate of drug-likeness (QED) is 0.0264. The van der Waals surface area contributed by atoms with E-state index in [4.69, 9.17) is 24.3 Å². The highest BCUT2D eigenvalue weighted by molar-refractivity contribution is 7.47. The maximum Gasteiger partial charge on any atom is 0.472 e.